The smallest absolute Gasteiger partial charge is 0.223 e. The Labute approximate surface area is 119 Å². The Hall–Kier alpha value is -1.60. The van der Waals surface area contributed by atoms with Crippen LogP contribution in [0.25, 0.3) is 0 Å². The summed E-state index contributed by atoms with van der Waals surface area (Å²) in [6, 6.07) is 1.84. The van der Waals surface area contributed by atoms with E-state index >= 15 is 0 Å². The lowest BCUT2D eigenvalue weighted by Crippen LogP contribution is -2.46. The molecule has 1 fully saturated rings. The molecule has 0 unspecified atom stereocenters. The van der Waals surface area contributed by atoms with Crippen LogP contribution < -0.4 is 16.0 Å². The lowest BCUT2D eigenvalue weighted by Gasteiger charge is -2.35. The number of nitrogens with zero attached hydrogens (tertiary/aromatic N) is 3. The Balaban J connectivity index is 2.09. The maximum Gasteiger partial charge on any atom is 0.223 e. The fourth-order valence-electron chi connectivity index (χ4n) is 2.35. The zero-order valence-electron chi connectivity index (χ0n) is 12.1. The standard InChI is InChI=1S/C13H23N5O2/c1-3-15-10-8-11(17-12(14)16-10)18(2)9-13(19)4-6-20-7-5-13/h8,19H,3-7,9H2,1-2H3,(H3,14,15,16,17). The van der Waals surface area contributed by atoms with Gasteiger partial charge in [-0.25, -0.2) is 0 Å². The van der Waals surface area contributed by atoms with Gasteiger partial charge >= 0.3 is 0 Å². The van der Waals surface area contributed by atoms with Crippen LogP contribution in [-0.4, -0.2) is 54.0 Å². The number of aliphatic hydroxyl groups is 1. The third-order valence-electron chi connectivity index (χ3n) is 3.43. The van der Waals surface area contributed by atoms with Crippen LogP contribution in [0, 0.1) is 0 Å². The van der Waals surface area contributed by atoms with Crippen LogP contribution in [0.4, 0.5) is 17.6 Å². The molecule has 0 aromatic carbocycles. The molecule has 0 bridgehead atoms. The van der Waals surface area contributed by atoms with Crippen LogP contribution in [0.2, 0.25) is 0 Å². The van der Waals surface area contributed by atoms with Crippen molar-refractivity contribution in [2.45, 2.75) is 25.4 Å². The molecular weight excluding hydrogens is 258 g/mol. The second kappa shape index (κ2) is 6.23. The molecule has 0 atom stereocenters. The highest BCUT2D eigenvalue weighted by Gasteiger charge is 2.31. The van der Waals surface area contributed by atoms with Crippen molar-refractivity contribution in [1.82, 2.24) is 9.97 Å². The minimum atomic E-state index is -0.731. The normalized spacial score (nSPS) is 17.8. The van der Waals surface area contributed by atoms with Crippen molar-refractivity contribution in [2.24, 2.45) is 0 Å². The molecule has 1 aromatic heterocycles. The summed E-state index contributed by atoms with van der Waals surface area (Å²) in [5, 5.41) is 13.6. The number of nitrogens with two attached hydrogens (primary N) is 1. The molecule has 7 heteroatoms. The Kier molecular flexibility index (Phi) is 4.61. The molecule has 20 heavy (non-hydrogen) atoms. The Bertz CT molecular complexity index is 448. The molecule has 0 saturated carbocycles. The highest BCUT2D eigenvalue weighted by atomic mass is 16.5. The van der Waals surface area contributed by atoms with E-state index in [1.54, 1.807) is 0 Å². The first-order chi connectivity index (χ1) is 9.52. The predicted molar refractivity (Wildman–Crippen MR) is 78.9 cm³/mol. The second-order valence-corrected chi connectivity index (χ2v) is 5.19. The summed E-state index contributed by atoms with van der Waals surface area (Å²) in [7, 11) is 1.89. The second-order valence-electron chi connectivity index (χ2n) is 5.19. The van der Waals surface area contributed by atoms with E-state index in [1.165, 1.54) is 0 Å². The molecule has 4 N–H and O–H groups in total. The fraction of sp³-hybridized carbons (Fsp3) is 0.692. The molecule has 0 amide bonds. The van der Waals surface area contributed by atoms with Gasteiger partial charge in [0.2, 0.25) is 5.95 Å². The molecular formula is C13H23N5O2. The number of nitrogens with one attached hydrogen (secondary N) is 1. The van der Waals surface area contributed by atoms with E-state index in [9.17, 15) is 5.11 Å². The molecule has 0 spiro atoms. The molecule has 0 radical (unpaired) electrons. The third kappa shape index (κ3) is 3.71. The summed E-state index contributed by atoms with van der Waals surface area (Å²) < 4.78 is 5.29. The average molecular weight is 281 g/mol. The van der Waals surface area contributed by atoms with Gasteiger partial charge in [-0.1, -0.05) is 0 Å². The highest BCUT2D eigenvalue weighted by Crippen LogP contribution is 2.24. The van der Waals surface area contributed by atoms with Crippen molar-refractivity contribution >= 4 is 17.6 Å². The van der Waals surface area contributed by atoms with E-state index in [4.69, 9.17) is 10.5 Å². The first kappa shape index (κ1) is 14.8. The molecule has 1 aliphatic heterocycles. The number of anilines is 3. The molecule has 1 aliphatic rings. The Morgan fingerprint density at radius 3 is 2.80 bits per heavy atom. The quantitative estimate of drug-likeness (QED) is 0.721. The Morgan fingerprint density at radius 2 is 2.15 bits per heavy atom. The predicted octanol–water partition coefficient (Wildman–Crippen LogP) is 0.468. The van der Waals surface area contributed by atoms with Crippen LogP contribution in [-0.2, 0) is 4.74 Å². The summed E-state index contributed by atoms with van der Waals surface area (Å²) in [6.07, 6.45) is 1.27. The lowest BCUT2D eigenvalue weighted by molar-refractivity contribution is -0.0573. The van der Waals surface area contributed by atoms with Crippen molar-refractivity contribution < 1.29 is 9.84 Å². The van der Waals surface area contributed by atoms with Crippen LogP contribution in [0.5, 0.6) is 0 Å². The SMILES string of the molecule is CCNc1cc(N(C)CC2(O)CCOCC2)nc(N)n1. The van der Waals surface area contributed by atoms with E-state index in [0.29, 0.717) is 44.2 Å². The van der Waals surface area contributed by atoms with Gasteiger partial charge in [-0.2, -0.15) is 9.97 Å². The largest absolute Gasteiger partial charge is 0.388 e. The summed E-state index contributed by atoms with van der Waals surface area (Å²) in [6.45, 7) is 4.45. The van der Waals surface area contributed by atoms with Crippen LogP contribution >= 0.6 is 0 Å². The van der Waals surface area contributed by atoms with Crippen LogP contribution in [0.1, 0.15) is 19.8 Å². The van der Waals surface area contributed by atoms with Gasteiger partial charge in [0.05, 0.1) is 5.60 Å². The Morgan fingerprint density at radius 1 is 1.45 bits per heavy atom. The summed E-state index contributed by atoms with van der Waals surface area (Å²) in [5.41, 5.74) is 4.99. The lowest BCUT2D eigenvalue weighted by atomic mass is 9.94. The summed E-state index contributed by atoms with van der Waals surface area (Å²) >= 11 is 0. The van der Waals surface area contributed by atoms with Crippen molar-refractivity contribution in [1.29, 1.82) is 0 Å². The van der Waals surface area contributed by atoms with Gasteiger partial charge in [-0.15, -0.1) is 0 Å². The van der Waals surface area contributed by atoms with Gasteiger partial charge in [0.15, 0.2) is 0 Å². The zero-order valence-corrected chi connectivity index (χ0v) is 12.1. The maximum atomic E-state index is 10.5. The van der Waals surface area contributed by atoms with Crippen molar-refractivity contribution in [3.8, 4) is 0 Å². The van der Waals surface area contributed by atoms with Gasteiger partial charge < -0.3 is 25.8 Å². The van der Waals surface area contributed by atoms with Crippen LogP contribution in [0.15, 0.2) is 6.07 Å². The van der Waals surface area contributed by atoms with E-state index < -0.39 is 5.60 Å². The minimum Gasteiger partial charge on any atom is -0.388 e. The number of nitrogen functional groups attached to an aromatic ring is 1. The van der Waals surface area contributed by atoms with Crippen molar-refractivity contribution in [3.63, 3.8) is 0 Å². The number of rotatable bonds is 5. The number of hydrogen-bond acceptors (Lipinski definition) is 7. The topological polar surface area (TPSA) is 96.5 Å². The van der Waals surface area contributed by atoms with Gasteiger partial charge in [-0.05, 0) is 6.92 Å². The minimum absolute atomic E-state index is 0.226. The monoisotopic (exact) mass is 281 g/mol. The summed E-state index contributed by atoms with van der Waals surface area (Å²) in [4.78, 5) is 10.2. The van der Waals surface area contributed by atoms with E-state index in [-0.39, 0.29) is 5.95 Å². The van der Waals surface area contributed by atoms with Crippen LogP contribution in [0.3, 0.4) is 0 Å². The molecule has 1 saturated heterocycles. The first-order valence-corrected chi connectivity index (χ1v) is 6.92. The van der Waals surface area contributed by atoms with Crippen molar-refractivity contribution in [2.75, 3.05) is 49.3 Å². The number of ether oxygens (including phenoxy) is 1. The zero-order chi connectivity index (χ0) is 14.6. The van der Waals surface area contributed by atoms with Crippen molar-refractivity contribution in [3.05, 3.63) is 6.07 Å². The average Bonchev–Trinajstić information content (AvgIpc) is 2.38. The number of hydrogen-bond donors (Lipinski definition) is 3. The molecule has 0 aliphatic carbocycles. The number of likely N-dealkylation sites (N-methyl/N-ethyl adjacent to an activating group) is 1. The fourth-order valence-corrected chi connectivity index (χ4v) is 2.35. The van der Waals surface area contributed by atoms with Gasteiger partial charge in [0, 0.05) is 52.3 Å². The van der Waals surface area contributed by atoms with E-state index in [1.807, 2.05) is 24.9 Å². The summed E-state index contributed by atoms with van der Waals surface area (Å²) in [5.74, 6) is 1.62. The molecule has 1 aromatic rings. The van der Waals surface area contributed by atoms with Gasteiger partial charge in [0.1, 0.15) is 11.6 Å². The first-order valence-electron chi connectivity index (χ1n) is 6.92. The number of aromatic nitrogens is 2. The van der Waals surface area contributed by atoms with Gasteiger partial charge in [-0.3, -0.25) is 0 Å². The maximum absolute atomic E-state index is 10.5. The van der Waals surface area contributed by atoms with Gasteiger partial charge in [0.25, 0.3) is 0 Å². The molecule has 2 heterocycles. The highest BCUT2D eigenvalue weighted by molar-refractivity contribution is 5.52. The molecule has 112 valence electrons. The third-order valence-corrected chi connectivity index (χ3v) is 3.43. The van der Waals surface area contributed by atoms with E-state index in [2.05, 4.69) is 15.3 Å². The molecule has 2 rings (SSSR count). The molecule has 7 nitrogen and oxygen atoms in total. The van der Waals surface area contributed by atoms with E-state index in [0.717, 1.165) is 6.54 Å².